The van der Waals surface area contributed by atoms with Crippen molar-refractivity contribution in [2.75, 3.05) is 0 Å². The van der Waals surface area contributed by atoms with Crippen molar-refractivity contribution in [2.45, 2.75) is 0 Å². The summed E-state index contributed by atoms with van der Waals surface area (Å²) in [5, 5.41) is 0. The Bertz CT molecular complexity index is 308. The van der Waals surface area contributed by atoms with Crippen LogP contribution in [-0.2, 0) is 21.1 Å². The Balaban J connectivity index is 0.000000845. The van der Waals surface area contributed by atoms with E-state index >= 15 is 0 Å². The minimum Gasteiger partial charge on any atom is -0.184 e. The Morgan fingerprint density at radius 2 is 0.929 bits per heavy atom. The van der Waals surface area contributed by atoms with Crippen LogP contribution in [0.5, 0.6) is 0 Å². The van der Waals surface area contributed by atoms with Gasteiger partial charge >= 0.3 is 0 Å². The molecule has 0 nitrogen and oxygen atoms in total. The molecule has 0 aromatic heterocycles. The third-order valence-electron chi connectivity index (χ3n) is 1.77. The van der Waals surface area contributed by atoms with Crippen molar-refractivity contribution in [1.29, 1.82) is 0 Å². The van der Waals surface area contributed by atoms with Gasteiger partial charge < -0.3 is 0 Å². The Morgan fingerprint density at radius 1 is 0.643 bits per heavy atom. The van der Waals surface area contributed by atoms with Gasteiger partial charge in [-0.1, -0.05) is 0 Å². The number of hydrogen-bond donors (Lipinski definition) is 0. The molecule has 0 aliphatic carbocycles. The molecular weight excluding hydrogens is 487 g/mol. The number of benzene rings is 2. The maximum atomic E-state index is 2.99. The van der Waals surface area contributed by atoms with Gasteiger partial charge in [0, 0.05) is 21.1 Å². The molecule has 0 fully saturated rings. The first-order valence-electron chi connectivity index (χ1n) is 3.89. The Labute approximate surface area is 92.9 Å². The molecule has 2 rings (SSSR count). The third-order valence-corrected chi connectivity index (χ3v) is 1.77. The van der Waals surface area contributed by atoms with Crippen molar-refractivity contribution < 1.29 is 21.1 Å². The van der Waals surface area contributed by atoms with Crippen molar-refractivity contribution in [1.82, 2.24) is 0 Å². The molecule has 0 bridgehead atoms. The monoisotopic (exact) mass is 493 g/mol. The summed E-state index contributed by atoms with van der Waals surface area (Å²) >= 11 is 0. The summed E-state index contributed by atoms with van der Waals surface area (Å²) in [7, 11) is 0. The third kappa shape index (κ3) is 2.57. The Kier molecular flexibility index (Phi) is 4.95. The van der Waals surface area contributed by atoms with Gasteiger partial charge in [0.1, 0.15) is 0 Å². The molecule has 0 unspecified atom stereocenters. The maximum absolute atomic E-state index is 2.99. The average molecular weight is 495 g/mol. The first-order valence-corrected chi connectivity index (χ1v) is 3.89. The quantitative estimate of drug-likeness (QED) is 0.422. The van der Waals surface area contributed by atoms with Crippen molar-refractivity contribution in [3.05, 3.63) is 60.7 Å². The van der Waals surface area contributed by atoms with Gasteiger partial charge in [0.15, 0.2) is 0 Å². The minimum absolute atomic E-state index is 0. The second-order valence-electron chi connectivity index (χ2n) is 2.58. The summed E-state index contributed by atoms with van der Waals surface area (Å²) in [5.41, 5.74) is 2.45. The summed E-state index contributed by atoms with van der Waals surface area (Å²) in [5.74, 6) is 0. The van der Waals surface area contributed by atoms with Crippen LogP contribution in [0.4, 0.5) is 0 Å². The van der Waals surface area contributed by atoms with Gasteiger partial charge in [0.25, 0.3) is 0 Å². The van der Waals surface area contributed by atoms with Gasteiger partial charge in [-0.2, -0.15) is 71.8 Å². The molecule has 0 amide bonds. The average Bonchev–Trinajstić information content (AvgIpc) is 2.21. The number of rotatable bonds is 1. The molecule has 0 radical (unpaired) electrons. The van der Waals surface area contributed by atoms with E-state index < -0.39 is 0 Å². The molecule has 2 aromatic rings. The summed E-state index contributed by atoms with van der Waals surface area (Å²) in [6, 6.07) is 21.9. The van der Waals surface area contributed by atoms with E-state index in [1.54, 1.807) is 0 Å². The van der Waals surface area contributed by atoms with E-state index in [-0.39, 0.29) is 21.1 Å². The van der Waals surface area contributed by atoms with Gasteiger partial charge in [-0.15, -0.1) is 0 Å². The molecule has 2 heteroatoms. The van der Waals surface area contributed by atoms with Crippen molar-refractivity contribution in [3.8, 4) is 11.1 Å². The van der Waals surface area contributed by atoms with Crippen molar-refractivity contribution in [3.63, 3.8) is 0 Å². The topological polar surface area (TPSA) is 0 Å². The normalized spacial score (nSPS) is 8.29. The van der Waals surface area contributed by atoms with E-state index in [9.17, 15) is 0 Å². The molecule has 0 aliphatic rings. The molecule has 2 aromatic carbocycles. The van der Waals surface area contributed by atoms with Crippen LogP contribution < -0.4 is 0 Å². The van der Waals surface area contributed by atoms with Crippen LogP contribution in [-0.4, -0.2) is 0 Å². The molecule has 0 saturated heterocycles. The standard InChI is InChI=1S/C12H8.Cm.Mo/c1-3-7-11(8-4-1)12-9-5-2-6-10-12;;/h3-10H;;/q-2;;. The zero-order valence-corrected chi connectivity index (χ0v) is 12.3. The van der Waals surface area contributed by atoms with Gasteiger partial charge in [-0.05, 0) is 0 Å². The van der Waals surface area contributed by atoms with E-state index in [1.807, 2.05) is 24.3 Å². The van der Waals surface area contributed by atoms with E-state index in [0.29, 0.717) is 0 Å². The minimum atomic E-state index is 0. The first-order chi connectivity index (χ1) is 5.97. The molecule has 0 heterocycles. The van der Waals surface area contributed by atoms with Crippen LogP contribution in [0, 0.1) is 12.1 Å². The van der Waals surface area contributed by atoms with Crippen LogP contribution in [0.25, 0.3) is 11.1 Å². The van der Waals surface area contributed by atoms with Crippen molar-refractivity contribution >= 4 is 0 Å². The zero-order valence-electron chi connectivity index (χ0n) is 7.38. The molecule has 0 saturated carbocycles. The van der Waals surface area contributed by atoms with Gasteiger partial charge in [-0.3, -0.25) is 0 Å². The van der Waals surface area contributed by atoms with E-state index in [4.69, 9.17) is 0 Å². The fraction of sp³-hybridized carbons (Fsp3) is 0. The Hall–Kier alpha value is -1.87. The van der Waals surface area contributed by atoms with E-state index in [2.05, 4.69) is 36.4 Å². The summed E-state index contributed by atoms with van der Waals surface area (Å²) in [6.45, 7) is 0. The molecular formula is C12H8CmMo-2. The van der Waals surface area contributed by atoms with Crippen LogP contribution in [0.1, 0.15) is 0 Å². The van der Waals surface area contributed by atoms with Crippen molar-refractivity contribution in [2.24, 2.45) is 0 Å². The smallest absolute Gasteiger partial charge is 0 e. The fourth-order valence-electron chi connectivity index (χ4n) is 1.16. The first kappa shape index (κ1) is 12.1. The summed E-state index contributed by atoms with van der Waals surface area (Å²) in [4.78, 5) is 0. The predicted molar refractivity (Wildman–Crippen MR) is 49.6 cm³/mol. The summed E-state index contributed by atoms with van der Waals surface area (Å²) < 4.78 is 0. The summed E-state index contributed by atoms with van der Waals surface area (Å²) in [6.07, 6.45) is 0. The maximum Gasteiger partial charge on any atom is 0 e. The molecule has 0 spiro atoms. The fourth-order valence-corrected chi connectivity index (χ4v) is 1.16. The predicted octanol–water partition coefficient (Wildman–Crippen LogP) is 2.95. The van der Waals surface area contributed by atoms with Gasteiger partial charge in [0.05, 0.1) is 0 Å². The second kappa shape index (κ2) is 5.72. The largest absolute Gasteiger partial charge is 0.184 e. The van der Waals surface area contributed by atoms with E-state index in [0.717, 1.165) is 0 Å². The SMILES string of the molecule is [Cm].[Mo].[c-]1ccc(-c2cc[c-]cc2)cc1. The second-order valence-corrected chi connectivity index (χ2v) is 2.58. The molecule has 14 heavy (non-hydrogen) atoms. The molecule has 72 valence electrons. The van der Waals surface area contributed by atoms with E-state index in [1.165, 1.54) is 11.1 Å². The zero-order chi connectivity index (χ0) is 8.23. The molecule has 0 atom stereocenters. The van der Waals surface area contributed by atoms with Crippen LogP contribution in [0.15, 0.2) is 48.5 Å². The number of hydrogen-bond acceptors (Lipinski definition) is 0. The van der Waals surface area contributed by atoms with Gasteiger partial charge in [-0.25, -0.2) is 0 Å². The molecule has 0 N–H and O–H groups in total. The Morgan fingerprint density at radius 3 is 1.21 bits per heavy atom. The van der Waals surface area contributed by atoms with Crippen LogP contribution in [0.3, 0.4) is 0 Å². The van der Waals surface area contributed by atoms with Crippen LogP contribution >= 0.6 is 0 Å². The van der Waals surface area contributed by atoms with Crippen LogP contribution in [0.2, 0.25) is 0 Å². The van der Waals surface area contributed by atoms with Gasteiger partial charge in [0.2, 0.25) is 0 Å². The molecule has 0 aliphatic heterocycles.